The second-order valence-electron chi connectivity index (χ2n) is 10.6. The molecule has 2 bridgehead atoms. The molecule has 0 aromatic heterocycles. The molecule has 37 heavy (non-hydrogen) atoms. The van der Waals surface area contributed by atoms with E-state index in [1.807, 2.05) is 13.8 Å². The van der Waals surface area contributed by atoms with Crippen LogP contribution in [0.1, 0.15) is 59.3 Å². The van der Waals surface area contributed by atoms with Gasteiger partial charge >= 0.3 is 5.97 Å². The van der Waals surface area contributed by atoms with E-state index in [1.54, 1.807) is 22.0 Å². The predicted molar refractivity (Wildman–Crippen MR) is 145 cm³/mol. The van der Waals surface area contributed by atoms with Crippen molar-refractivity contribution >= 4 is 33.7 Å². The van der Waals surface area contributed by atoms with Crippen LogP contribution in [0, 0.1) is 17.8 Å². The quantitative estimate of drug-likeness (QED) is 0.137. The number of aliphatic hydroxyl groups is 1. The molecule has 0 aromatic carbocycles. The summed E-state index contributed by atoms with van der Waals surface area (Å²) in [6.45, 7) is 14.4. The van der Waals surface area contributed by atoms with Crippen molar-refractivity contribution in [3.63, 3.8) is 0 Å². The topological polar surface area (TPSA) is 96.4 Å². The van der Waals surface area contributed by atoms with Crippen molar-refractivity contribution in [1.82, 2.24) is 9.80 Å². The number of hydrogen-bond donors (Lipinski definition) is 1. The lowest BCUT2D eigenvalue weighted by Gasteiger charge is -2.41. The Morgan fingerprint density at radius 1 is 1.32 bits per heavy atom. The lowest BCUT2D eigenvalue weighted by molar-refractivity contribution is -0.157. The third-order valence-electron chi connectivity index (χ3n) is 8.32. The molecule has 3 aliphatic rings. The molecule has 0 radical (unpaired) electrons. The molecule has 3 aliphatic heterocycles. The van der Waals surface area contributed by atoms with Gasteiger partial charge in [0.1, 0.15) is 11.6 Å². The fourth-order valence-electron chi connectivity index (χ4n) is 6.25. The lowest BCUT2D eigenvalue weighted by Crippen LogP contribution is -2.60. The zero-order valence-electron chi connectivity index (χ0n) is 22.4. The standard InChI is InChI=1S/C28H43BrN2O6/c1-6-10-12-15-36-27(35)21-22-25(33)31(20(17-32)18(5)9-4)24(28(22)16-19(29)23(21)37-28)26(34)30(13-8-3)14-11-7-2/h6,8,18-24,32H,1,3,7,9-17H2,2,4-5H3/t18-,19?,20-,21+,22-,23+,24?,28?/m0/s1. The van der Waals surface area contributed by atoms with Crippen LogP contribution in [0.15, 0.2) is 25.3 Å². The van der Waals surface area contributed by atoms with Gasteiger partial charge in [-0.05, 0) is 31.6 Å². The Kier molecular flexibility index (Phi) is 10.4. The Hall–Kier alpha value is -1.71. The molecule has 0 aromatic rings. The minimum atomic E-state index is -1.16. The van der Waals surface area contributed by atoms with Gasteiger partial charge in [-0.2, -0.15) is 0 Å². The number of allylic oxidation sites excluding steroid dienone is 1. The highest BCUT2D eigenvalue weighted by atomic mass is 79.9. The normalized spacial score (nSPS) is 31.6. The van der Waals surface area contributed by atoms with E-state index < -0.39 is 41.6 Å². The van der Waals surface area contributed by atoms with E-state index in [0.29, 0.717) is 25.9 Å². The van der Waals surface area contributed by atoms with Crippen molar-refractivity contribution in [3.8, 4) is 0 Å². The van der Waals surface area contributed by atoms with E-state index in [4.69, 9.17) is 9.47 Å². The summed E-state index contributed by atoms with van der Waals surface area (Å²) >= 11 is 3.69. The molecule has 0 saturated carbocycles. The third-order valence-corrected chi connectivity index (χ3v) is 9.16. The lowest BCUT2D eigenvalue weighted by atomic mass is 9.70. The van der Waals surface area contributed by atoms with Crippen LogP contribution < -0.4 is 0 Å². The number of hydrogen-bond acceptors (Lipinski definition) is 6. The third kappa shape index (κ3) is 5.41. The summed E-state index contributed by atoms with van der Waals surface area (Å²) in [5.74, 6) is -2.68. The van der Waals surface area contributed by atoms with Crippen LogP contribution >= 0.6 is 15.9 Å². The smallest absolute Gasteiger partial charge is 0.312 e. The Bertz CT molecular complexity index is 868. The maximum Gasteiger partial charge on any atom is 0.312 e. The molecule has 3 unspecified atom stereocenters. The summed E-state index contributed by atoms with van der Waals surface area (Å²) in [5, 5.41) is 10.4. The van der Waals surface area contributed by atoms with E-state index in [1.165, 1.54) is 0 Å². The van der Waals surface area contributed by atoms with Crippen LogP contribution in [0.25, 0.3) is 0 Å². The molecule has 9 heteroatoms. The van der Waals surface area contributed by atoms with Crippen LogP contribution in [0.3, 0.4) is 0 Å². The molecule has 3 fully saturated rings. The molecule has 0 aliphatic carbocycles. The number of rotatable bonds is 15. The first-order valence-electron chi connectivity index (χ1n) is 13.7. The number of carbonyl (C=O) groups is 3. The Morgan fingerprint density at radius 3 is 2.65 bits per heavy atom. The second-order valence-corrected chi connectivity index (χ2v) is 11.7. The van der Waals surface area contributed by atoms with Crippen molar-refractivity contribution in [2.45, 2.75) is 87.9 Å². The van der Waals surface area contributed by atoms with Crippen molar-refractivity contribution in [3.05, 3.63) is 25.3 Å². The Morgan fingerprint density at radius 2 is 2.05 bits per heavy atom. The van der Waals surface area contributed by atoms with E-state index in [2.05, 4.69) is 36.0 Å². The maximum absolute atomic E-state index is 14.3. The monoisotopic (exact) mass is 582 g/mol. The fourth-order valence-corrected chi connectivity index (χ4v) is 7.20. The molecule has 2 amide bonds. The fraction of sp³-hybridized carbons (Fsp3) is 0.750. The highest BCUT2D eigenvalue weighted by Crippen LogP contribution is 2.61. The van der Waals surface area contributed by atoms with Gasteiger partial charge in [0, 0.05) is 17.9 Å². The minimum absolute atomic E-state index is 0.0516. The van der Waals surface area contributed by atoms with E-state index >= 15 is 0 Å². The number of aliphatic hydroxyl groups excluding tert-OH is 1. The molecule has 3 heterocycles. The Balaban J connectivity index is 2.05. The first-order chi connectivity index (χ1) is 17.7. The number of unbranched alkanes of at least 4 members (excludes halogenated alkanes) is 2. The van der Waals surface area contributed by atoms with Crippen LogP contribution in [-0.4, -0.2) is 87.6 Å². The Labute approximate surface area is 229 Å². The summed E-state index contributed by atoms with van der Waals surface area (Å²) in [6.07, 6.45) is 7.14. The van der Waals surface area contributed by atoms with Crippen molar-refractivity contribution in [2.24, 2.45) is 17.8 Å². The predicted octanol–water partition coefficient (Wildman–Crippen LogP) is 3.47. The molecule has 1 N–H and O–H groups in total. The number of amides is 2. The molecule has 3 rings (SSSR count). The number of fused-ring (bicyclic) bond motifs is 1. The van der Waals surface area contributed by atoms with E-state index in [9.17, 15) is 19.5 Å². The average Bonchev–Trinajstić information content (AvgIpc) is 3.48. The molecular formula is C28H43BrN2O6. The van der Waals surface area contributed by atoms with Crippen LogP contribution in [0.4, 0.5) is 0 Å². The van der Waals surface area contributed by atoms with Gasteiger partial charge in [-0.25, -0.2) is 0 Å². The van der Waals surface area contributed by atoms with Gasteiger partial charge in [0.05, 0.1) is 37.2 Å². The highest BCUT2D eigenvalue weighted by Gasteiger charge is 2.77. The molecule has 8 nitrogen and oxygen atoms in total. The van der Waals surface area contributed by atoms with Gasteiger partial charge in [-0.15, -0.1) is 13.2 Å². The number of halogens is 1. The van der Waals surface area contributed by atoms with E-state index in [0.717, 1.165) is 25.7 Å². The summed E-state index contributed by atoms with van der Waals surface area (Å²) in [5.41, 5.74) is -1.16. The average molecular weight is 584 g/mol. The molecule has 1 spiro atoms. The second kappa shape index (κ2) is 12.9. The first kappa shape index (κ1) is 29.8. The number of likely N-dealkylation sites (tertiary alicyclic amines) is 1. The zero-order chi connectivity index (χ0) is 27.3. The van der Waals surface area contributed by atoms with Gasteiger partial charge in [0.25, 0.3) is 0 Å². The number of ether oxygens (including phenoxy) is 2. The molecular weight excluding hydrogens is 540 g/mol. The maximum atomic E-state index is 14.3. The summed E-state index contributed by atoms with van der Waals surface area (Å²) in [7, 11) is 0. The molecule has 8 atom stereocenters. The number of carbonyl (C=O) groups excluding carboxylic acids is 3. The van der Waals surface area contributed by atoms with Crippen LogP contribution in [0.5, 0.6) is 0 Å². The number of esters is 1. The zero-order valence-corrected chi connectivity index (χ0v) is 24.0. The van der Waals surface area contributed by atoms with Crippen molar-refractivity contribution < 1.29 is 29.0 Å². The van der Waals surface area contributed by atoms with Gasteiger partial charge in [0.15, 0.2) is 0 Å². The van der Waals surface area contributed by atoms with Crippen molar-refractivity contribution in [2.75, 3.05) is 26.3 Å². The largest absolute Gasteiger partial charge is 0.465 e. The number of alkyl halides is 1. The van der Waals surface area contributed by atoms with Gasteiger partial charge in [0.2, 0.25) is 11.8 Å². The SMILES string of the molecule is C=CCCCOC(=O)[C@H]1[C@@H]2OC3(CC2Br)C(C(=O)N(CC=C)CCCC)N([C@@H](CO)[C@@H](C)CC)C(=O)[C@H]13. The highest BCUT2D eigenvalue weighted by molar-refractivity contribution is 9.09. The molecule has 208 valence electrons. The number of nitrogens with zero attached hydrogens (tertiary/aromatic N) is 2. The van der Waals surface area contributed by atoms with Crippen LogP contribution in [0.2, 0.25) is 0 Å². The van der Waals surface area contributed by atoms with Gasteiger partial charge < -0.3 is 24.4 Å². The van der Waals surface area contributed by atoms with Crippen LogP contribution in [-0.2, 0) is 23.9 Å². The molecule has 3 saturated heterocycles. The first-order valence-corrected chi connectivity index (χ1v) is 14.6. The van der Waals surface area contributed by atoms with E-state index in [-0.39, 0.29) is 35.8 Å². The van der Waals surface area contributed by atoms with Gasteiger partial charge in [-0.1, -0.05) is 61.7 Å². The minimum Gasteiger partial charge on any atom is -0.465 e. The summed E-state index contributed by atoms with van der Waals surface area (Å²) < 4.78 is 12.1. The summed E-state index contributed by atoms with van der Waals surface area (Å²) in [4.78, 5) is 44.9. The van der Waals surface area contributed by atoms with Crippen molar-refractivity contribution in [1.29, 1.82) is 0 Å². The summed E-state index contributed by atoms with van der Waals surface area (Å²) in [6, 6.07) is -1.50. The van der Waals surface area contributed by atoms with Gasteiger partial charge in [-0.3, -0.25) is 14.4 Å².